The number of rotatable bonds is 5. The first kappa shape index (κ1) is 13.8. The zero-order valence-electron chi connectivity index (χ0n) is 11.9. The van der Waals surface area contributed by atoms with Crippen LogP contribution in [0.3, 0.4) is 0 Å². The minimum Gasteiger partial charge on any atom is -0.368 e. The molecule has 19 heavy (non-hydrogen) atoms. The molecule has 2 heterocycles. The van der Waals surface area contributed by atoms with Crippen molar-refractivity contribution in [2.45, 2.75) is 26.3 Å². The van der Waals surface area contributed by atoms with Crippen LogP contribution in [0.15, 0.2) is 0 Å². The van der Waals surface area contributed by atoms with Crippen molar-refractivity contribution in [2.75, 3.05) is 49.2 Å². The normalized spacial score (nSPS) is 19.6. The zero-order valence-corrected chi connectivity index (χ0v) is 11.9. The maximum atomic E-state index is 5.77. The summed E-state index contributed by atoms with van der Waals surface area (Å²) < 4.78 is 0. The number of likely N-dealkylation sites (N-methyl/N-ethyl adjacent to an activating group) is 1. The van der Waals surface area contributed by atoms with E-state index in [2.05, 4.69) is 51.0 Å². The molecule has 0 spiro atoms. The number of likely N-dealkylation sites (tertiary alicyclic amines) is 1. The van der Waals surface area contributed by atoms with Crippen molar-refractivity contribution in [3.63, 3.8) is 0 Å². The Morgan fingerprint density at radius 3 is 2.63 bits per heavy atom. The van der Waals surface area contributed by atoms with E-state index in [0.29, 0.717) is 17.9 Å². The fourth-order valence-electron chi connectivity index (χ4n) is 2.33. The van der Waals surface area contributed by atoms with E-state index in [0.717, 1.165) is 32.6 Å². The Hall–Kier alpha value is -1.63. The van der Waals surface area contributed by atoms with Crippen LogP contribution < -0.4 is 16.0 Å². The van der Waals surface area contributed by atoms with Crippen LogP contribution in [0, 0.1) is 0 Å². The van der Waals surface area contributed by atoms with Gasteiger partial charge in [-0.3, -0.25) is 0 Å². The highest BCUT2D eigenvalue weighted by Gasteiger charge is 2.20. The van der Waals surface area contributed by atoms with Gasteiger partial charge in [0.15, 0.2) is 0 Å². The molecule has 0 amide bonds. The van der Waals surface area contributed by atoms with E-state index in [1.165, 1.54) is 0 Å². The molecular formula is C12H23N7. The molecule has 0 aliphatic carbocycles. The van der Waals surface area contributed by atoms with Gasteiger partial charge in [0.1, 0.15) is 0 Å². The summed E-state index contributed by atoms with van der Waals surface area (Å²) >= 11 is 0. The SMILES string of the molecule is CCN(CC)c1nc(N)nc(NC2CCN(C)C2)n1. The first-order chi connectivity index (χ1) is 9.12. The lowest BCUT2D eigenvalue weighted by Crippen LogP contribution is -2.28. The van der Waals surface area contributed by atoms with Crippen LogP contribution in [0.25, 0.3) is 0 Å². The molecule has 0 radical (unpaired) electrons. The Morgan fingerprint density at radius 1 is 1.32 bits per heavy atom. The average molecular weight is 265 g/mol. The summed E-state index contributed by atoms with van der Waals surface area (Å²) in [6.45, 7) is 7.95. The van der Waals surface area contributed by atoms with E-state index < -0.39 is 0 Å². The molecule has 1 saturated heterocycles. The molecule has 1 atom stereocenters. The van der Waals surface area contributed by atoms with Gasteiger partial charge in [0.05, 0.1) is 0 Å². The van der Waals surface area contributed by atoms with Crippen molar-refractivity contribution in [1.29, 1.82) is 0 Å². The van der Waals surface area contributed by atoms with Crippen LogP contribution in [0.1, 0.15) is 20.3 Å². The molecule has 1 unspecified atom stereocenters. The lowest BCUT2D eigenvalue weighted by Gasteiger charge is -2.20. The van der Waals surface area contributed by atoms with Gasteiger partial charge in [-0.05, 0) is 33.9 Å². The van der Waals surface area contributed by atoms with Crippen molar-refractivity contribution >= 4 is 17.8 Å². The second-order valence-corrected chi connectivity index (χ2v) is 4.88. The van der Waals surface area contributed by atoms with E-state index in [1.807, 2.05) is 0 Å². The number of anilines is 3. The molecule has 1 aliphatic rings. The average Bonchev–Trinajstić information content (AvgIpc) is 2.75. The predicted octanol–water partition coefficient (Wildman–Crippen LogP) is 0.416. The minimum atomic E-state index is 0.269. The van der Waals surface area contributed by atoms with E-state index in [9.17, 15) is 0 Å². The quantitative estimate of drug-likeness (QED) is 0.798. The Morgan fingerprint density at radius 2 is 2.05 bits per heavy atom. The van der Waals surface area contributed by atoms with Crippen molar-refractivity contribution in [2.24, 2.45) is 0 Å². The van der Waals surface area contributed by atoms with Gasteiger partial charge < -0.3 is 20.9 Å². The van der Waals surface area contributed by atoms with E-state index in [1.54, 1.807) is 0 Å². The van der Waals surface area contributed by atoms with Gasteiger partial charge in [-0.15, -0.1) is 0 Å². The highest BCUT2D eigenvalue weighted by molar-refractivity contribution is 5.42. The van der Waals surface area contributed by atoms with Gasteiger partial charge >= 0.3 is 0 Å². The van der Waals surface area contributed by atoms with Crippen LogP contribution in [-0.2, 0) is 0 Å². The smallest absolute Gasteiger partial charge is 0.231 e. The van der Waals surface area contributed by atoms with Crippen LogP contribution in [0.4, 0.5) is 17.8 Å². The lowest BCUT2D eigenvalue weighted by atomic mass is 10.3. The third-order valence-corrected chi connectivity index (χ3v) is 3.41. The van der Waals surface area contributed by atoms with Crippen LogP contribution in [-0.4, -0.2) is 59.1 Å². The molecule has 1 aromatic heterocycles. The standard InChI is InChI=1S/C12H23N7/c1-4-19(5-2)12-16-10(13)15-11(17-12)14-9-6-7-18(3)8-9/h9H,4-8H2,1-3H3,(H3,13,14,15,16,17). The molecule has 0 aromatic carbocycles. The molecule has 1 aliphatic heterocycles. The number of nitrogens with zero attached hydrogens (tertiary/aromatic N) is 5. The lowest BCUT2D eigenvalue weighted by molar-refractivity contribution is 0.414. The highest BCUT2D eigenvalue weighted by Crippen LogP contribution is 2.15. The monoisotopic (exact) mass is 265 g/mol. The second kappa shape index (κ2) is 6.01. The van der Waals surface area contributed by atoms with Gasteiger partial charge in [0.2, 0.25) is 17.8 Å². The summed E-state index contributed by atoms with van der Waals surface area (Å²) in [6.07, 6.45) is 1.10. The third kappa shape index (κ3) is 3.44. The first-order valence-electron chi connectivity index (χ1n) is 6.84. The maximum absolute atomic E-state index is 5.77. The van der Waals surface area contributed by atoms with E-state index >= 15 is 0 Å². The van der Waals surface area contributed by atoms with Crippen molar-refractivity contribution in [3.8, 4) is 0 Å². The molecular weight excluding hydrogens is 242 g/mol. The molecule has 1 aromatic rings. The van der Waals surface area contributed by atoms with Gasteiger partial charge in [0, 0.05) is 25.7 Å². The Kier molecular flexibility index (Phi) is 4.36. The molecule has 0 saturated carbocycles. The molecule has 0 bridgehead atoms. The summed E-state index contributed by atoms with van der Waals surface area (Å²) in [6, 6.07) is 0.386. The van der Waals surface area contributed by atoms with E-state index in [4.69, 9.17) is 5.73 Å². The van der Waals surface area contributed by atoms with Crippen LogP contribution in [0.5, 0.6) is 0 Å². The van der Waals surface area contributed by atoms with Crippen LogP contribution in [0.2, 0.25) is 0 Å². The second-order valence-electron chi connectivity index (χ2n) is 4.88. The number of nitrogens with two attached hydrogens (primary N) is 1. The summed E-state index contributed by atoms with van der Waals surface area (Å²) in [5, 5.41) is 3.34. The van der Waals surface area contributed by atoms with Crippen LogP contribution >= 0.6 is 0 Å². The van der Waals surface area contributed by atoms with Gasteiger partial charge in [0.25, 0.3) is 0 Å². The van der Waals surface area contributed by atoms with Gasteiger partial charge in [-0.2, -0.15) is 15.0 Å². The predicted molar refractivity (Wildman–Crippen MR) is 77.3 cm³/mol. The summed E-state index contributed by atoms with van der Waals surface area (Å²) in [5.74, 6) is 1.49. The maximum Gasteiger partial charge on any atom is 0.231 e. The summed E-state index contributed by atoms with van der Waals surface area (Å²) in [5.41, 5.74) is 5.77. The van der Waals surface area contributed by atoms with Crippen molar-refractivity contribution in [3.05, 3.63) is 0 Å². The molecule has 7 heteroatoms. The summed E-state index contributed by atoms with van der Waals surface area (Å²) in [4.78, 5) is 17.2. The zero-order chi connectivity index (χ0) is 13.8. The number of aromatic nitrogens is 3. The topological polar surface area (TPSA) is 83.2 Å². The third-order valence-electron chi connectivity index (χ3n) is 3.41. The molecule has 7 nitrogen and oxygen atoms in total. The Bertz CT molecular complexity index is 419. The minimum absolute atomic E-state index is 0.269. The molecule has 1 fully saturated rings. The van der Waals surface area contributed by atoms with Gasteiger partial charge in [-0.25, -0.2) is 0 Å². The molecule has 106 valence electrons. The number of nitrogen functional groups attached to an aromatic ring is 1. The Balaban J connectivity index is 2.12. The largest absolute Gasteiger partial charge is 0.368 e. The van der Waals surface area contributed by atoms with Crippen molar-refractivity contribution < 1.29 is 0 Å². The fraction of sp³-hybridized carbons (Fsp3) is 0.750. The Labute approximate surface area is 114 Å². The van der Waals surface area contributed by atoms with Crippen molar-refractivity contribution in [1.82, 2.24) is 19.9 Å². The van der Waals surface area contributed by atoms with E-state index in [-0.39, 0.29) is 5.95 Å². The summed E-state index contributed by atoms with van der Waals surface area (Å²) in [7, 11) is 2.12. The number of hydrogen-bond donors (Lipinski definition) is 2. The molecule has 3 N–H and O–H groups in total. The molecule has 2 rings (SSSR count). The van der Waals surface area contributed by atoms with Gasteiger partial charge in [-0.1, -0.05) is 0 Å². The highest BCUT2D eigenvalue weighted by atomic mass is 15.3. The number of nitrogens with one attached hydrogen (secondary N) is 1. The fourth-order valence-corrected chi connectivity index (χ4v) is 2.33. The number of hydrogen-bond acceptors (Lipinski definition) is 7. The first-order valence-corrected chi connectivity index (χ1v) is 6.84.